The Labute approximate surface area is 203 Å². The van der Waals surface area contributed by atoms with Gasteiger partial charge in [0.15, 0.2) is 0 Å². The van der Waals surface area contributed by atoms with Crippen molar-refractivity contribution in [3.8, 4) is 5.75 Å². The number of amides is 2. The minimum Gasteiger partial charge on any atom is -0.508 e. The summed E-state index contributed by atoms with van der Waals surface area (Å²) in [6.07, 6.45) is 7.55. The number of hydrogen-bond acceptors (Lipinski definition) is 4. The summed E-state index contributed by atoms with van der Waals surface area (Å²) in [5.74, 6) is 0.225. The van der Waals surface area contributed by atoms with Crippen molar-refractivity contribution in [3.05, 3.63) is 46.5 Å². The van der Waals surface area contributed by atoms with Gasteiger partial charge in [0.25, 0.3) is 0 Å². The van der Waals surface area contributed by atoms with Crippen LogP contribution in [0.3, 0.4) is 0 Å². The summed E-state index contributed by atoms with van der Waals surface area (Å²) in [5, 5.41) is 9.83. The van der Waals surface area contributed by atoms with E-state index in [2.05, 4.69) is 26.8 Å². The van der Waals surface area contributed by atoms with Gasteiger partial charge in [0.05, 0.1) is 24.5 Å². The molecule has 2 heterocycles. The number of benzene rings is 1. The maximum Gasteiger partial charge on any atom is 0.233 e. The molecule has 0 radical (unpaired) electrons. The van der Waals surface area contributed by atoms with Gasteiger partial charge in [-0.25, -0.2) is 0 Å². The van der Waals surface area contributed by atoms with E-state index in [9.17, 15) is 14.7 Å². The third-order valence-electron chi connectivity index (χ3n) is 7.72. The molecule has 1 aromatic rings. The van der Waals surface area contributed by atoms with Gasteiger partial charge in [-0.05, 0) is 61.3 Å². The van der Waals surface area contributed by atoms with E-state index in [1.54, 1.807) is 12.1 Å². The van der Waals surface area contributed by atoms with Crippen molar-refractivity contribution in [2.45, 2.75) is 72.3 Å². The second-order valence-corrected chi connectivity index (χ2v) is 10.4. The van der Waals surface area contributed by atoms with Crippen LogP contribution >= 0.6 is 0 Å². The summed E-state index contributed by atoms with van der Waals surface area (Å²) in [6.45, 7) is 9.65. The average molecular weight is 466 g/mol. The Morgan fingerprint density at radius 1 is 1.15 bits per heavy atom. The van der Waals surface area contributed by atoms with Crippen LogP contribution in [-0.2, 0) is 14.3 Å². The molecule has 2 fully saturated rings. The number of carbonyl (C=O) groups is 2. The number of ether oxygens (including phenoxy) is 1. The number of rotatable bonds is 9. The van der Waals surface area contributed by atoms with Crippen LogP contribution in [0.2, 0.25) is 0 Å². The largest absolute Gasteiger partial charge is 0.508 e. The van der Waals surface area contributed by atoms with Crippen LogP contribution in [0.5, 0.6) is 5.75 Å². The first-order valence-corrected chi connectivity index (χ1v) is 13.0. The van der Waals surface area contributed by atoms with Crippen molar-refractivity contribution in [2.75, 3.05) is 13.2 Å². The highest BCUT2D eigenvalue weighted by molar-refractivity contribution is 6.05. The second kappa shape index (κ2) is 10.5. The molecule has 2 saturated heterocycles. The van der Waals surface area contributed by atoms with Crippen LogP contribution in [0.25, 0.3) is 6.08 Å². The number of allylic oxidation sites excluding steroid dienone is 2. The first kappa shape index (κ1) is 24.7. The van der Waals surface area contributed by atoms with Crippen molar-refractivity contribution < 1.29 is 19.4 Å². The lowest BCUT2D eigenvalue weighted by Crippen LogP contribution is -2.35. The molecule has 5 nitrogen and oxygen atoms in total. The van der Waals surface area contributed by atoms with Crippen LogP contribution in [0.15, 0.2) is 41.0 Å². The van der Waals surface area contributed by atoms with E-state index in [1.165, 1.54) is 21.6 Å². The van der Waals surface area contributed by atoms with Gasteiger partial charge in [0.1, 0.15) is 5.75 Å². The topological polar surface area (TPSA) is 66.8 Å². The van der Waals surface area contributed by atoms with Crippen LogP contribution < -0.4 is 0 Å². The highest BCUT2D eigenvalue weighted by Gasteiger charge is 2.56. The van der Waals surface area contributed by atoms with Crippen LogP contribution in [0, 0.1) is 23.7 Å². The van der Waals surface area contributed by atoms with E-state index < -0.39 is 0 Å². The number of phenolic OH excluding ortho intramolecular Hbond substituents is 1. The zero-order chi connectivity index (χ0) is 24.4. The van der Waals surface area contributed by atoms with E-state index in [-0.39, 0.29) is 41.4 Å². The number of imide groups is 1. The summed E-state index contributed by atoms with van der Waals surface area (Å²) in [4.78, 5) is 27.8. The number of phenols is 1. The Kier molecular flexibility index (Phi) is 7.61. The Balaban J connectivity index is 1.56. The van der Waals surface area contributed by atoms with Crippen molar-refractivity contribution in [2.24, 2.45) is 23.7 Å². The first-order valence-electron chi connectivity index (χ1n) is 13.0. The monoisotopic (exact) mass is 465 g/mol. The molecule has 0 aromatic heterocycles. The van der Waals surface area contributed by atoms with Gasteiger partial charge in [-0.3, -0.25) is 14.5 Å². The Morgan fingerprint density at radius 2 is 1.94 bits per heavy atom. The number of carbonyl (C=O) groups excluding carboxylic acids is 2. The molecule has 2 amide bonds. The molecule has 2 aliphatic heterocycles. The van der Waals surface area contributed by atoms with Gasteiger partial charge in [-0.2, -0.15) is 0 Å². The zero-order valence-electron chi connectivity index (χ0n) is 21.0. The average Bonchev–Trinajstić information content (AvgIpc) is 3.32. The third-order valence-corrected chi connectivity index (χ3v) is 7.72. The van der Waals surface area contributed by atoms with E-state index in [0.29, 0.717) is 25.5 Å². The fraction of sp³-hybridized carbons (Fsp3) is 0.586. The van der Waals surface area contributed by atoms with Crippen molar-refractivity contribution in [1.82, 2.24) is 4.90 Å². The molecule has 4 rings (SSSR count). The lowest BCUT2D eigenvalue weighted by Gasteiger charge is -2.33. The minimum absolute atomic E-state index is 0.0101. The van der Waals surface area contributed by atoms with Crippen LogP contribution in [-0.4, -0.2) is 41.1 Å². The lowest BCUT2D eigenvalue weighted by atomic mass is 9.67. The fourth-order valence-electron chi connectivity index (χ4n) is 6.23. The summed E-state index contributed by atoms with van der Waals surface area (Å²) in [6, 6.07) is 7.37. The number of aromatic hydroxyl groups is 1. The maximum atomic E-state index is 13.2. The molecule has 184 valence electrons. The van der Waals surface area contributed by atoms with Gasteiger partial charge in [-0.1, -0.05) is 63.5 Å². The summed E-state index contributed by atoms with van der Waals surface area (Å²) in [7, 11) is 0. The van der Waals surface area contributed by atoms with Crippen LogP contribution in [0.4, 0.5) is 0 Å². The van der Waals surface area contributed by atoms with Crippen molar-refractivity contribution in [1.29, 1.82) is 0 Å². The Bertz CT molecular complexity index is 992. The normalized spacial score (nSPS) is 27.1. The molecule has 1 aromatic carbocycles. The van der Waals surface area contributed by atoms with E-state index in [0.717, 1.165) is 37.7 Å². The molecule has 5 heteroatoms. The van der Waals surface area contributed by atoms with Crippen LogP contribution in [0.1, 0.15) is 71.8 Å². The van der Waals surface area contributed by atoms with Gasteiger partial charge in [0, 0.05) is 12.5 Å². The first-order chi connectivity index (χ1) is 16.3. The molecule has 1 N–H and O–H groups in total. The quantitative estimate of drug-likeness (QED) is 0.373. The maximum absolute atomic E-state index is 13.2. The minimum atomic E-state index is -0.250. The third kappa shape index (κ3) is 4.72. The van der Waals surface area contributed by atoms with Crippen molar-refractivity contribution >= 4 is 17.9 Å². The standard InChI is InChI=1S/C29H39NO4/c1-5-8-19(14-20-9-7-10-21(31)15-20)11-12-25-26-22(18(3)4)16-23-27(24(26)17-34-25)29(33)30(13-6-2)28(23)32/h7,9-10,14-15,18,23-25,27,31H,5-6,8,11-13,16-17H2,1-4H3/b19-14+/t23-,24+,25-,27-/m1/s1. The SMILES string of the molecule is CCC/C(=C\c1cccc(O)c1)CC[C@H]1OC[C@H]2C1=C(C(C)C)C[C@H]1C(=O)N(CCC)C(=O)[C@H]12. The van der Waals surface area contributed by atoms with E-state index in [1.807, 2.05) is 19.1 Å². The molecule has 0 spiro atoms. The highest BCUT2D eigenvalue weighted by atomic mass is 16.5. The highest BCUT2D eigenvalue weighted by Crippen LogP contribution is 2.51. The molecule has 1 aliphatic carbocycles. The molecular formula is C29H39NO4. The molecule has 34 heavy (non-hydrogen) atoms. The van der Waals surface area contributed by atoms with Gasteiger partial charge in [-0.15, -0.1) is 0 Å². The summed E-state index contributed by atoms with van der Waals surface area (Å²) < 4.78 is 6.36. The number of fused-ring (bicyclic) bond motifs is 3. The fourth-order valence-corrected chi connectivity index (χ4v) is 6.23. The second-order valence-electron chi connectivity index (χ2n) is 10.4. The molecule has 4 atom stereocenters. The molecule has 0 saturated carbocycles. The van der Waals surface area contributed by atoms with Gasteiger partial charge >= 0.3 is 0 Å². The smallest absolute Gasteiger partial charge is 0.233 e. The van der Waals surface area contributed by atoms with Crippen molar-refractivity contribution in [3.63, 3.8) is 0 Å². The predicted molar refractivity (Wildman–Crippen MR) is 134 cm³/mol. The van der Waals surface area contributed by atoms with Gasteiger partial charge in [0.2, 0.25) is 11.8 Å². The Morgan fingerprint density at radius 3 is 2.62 bits per heavy atom. The summed E-state index contributed by atoms with van der Waals surface area (Å²) in [5.41, 5.74) is 5.01. The lowest BCUT2D eigenvalue weighted by molar-refractivity contribution is -0.140. The van der Waals surface area contributed by atoms with E-state index in [4.69, 9.17) is 4.74 Å². The number of nitrogens with zero attached hydrogens (tertiary/aromatic N) is 1. The van der Waals surface area contributed by atoms with Gasteiger partial charge < -0.3 is 9.84 Å². The predicted octanol–water partition coefficient (Wildman–Crippen LogP) is 5.74. The van der Waals surface area contributed by atoms with E-state index >= 15 is 0 Å². The number of hydrogen-bond donors (Lipinski definition) is 1. The zero-order valence-corrected chi connectivity index (χ0v) is 21.0. The summed E-state index contributed by atoms with van der Waals surface area (Å²) >= 11 is 0. The molecular weight excluding hydrogens is 426 g/mol. The Hall–Kier alpha value is -2.40. The molecule has 3 aliphatic rings. The molecule has 0 bridgehead atoms. The molecule has 0 unspecified atom stereocenters. The number of likely N-dealkylation sites (tertiary alicyclic amines) is 1.